The molecule has 0 N–H and O–H groups in total. The second kappa shape index (κ2) is 10.3. The van der Waals surface area contributed by atoms with Crippen molar-refractivity contribution < 1.29 is 14.3 Å². The molecule has 152 valence electrons. The fraction of sp³-hybridized carbons (Fsp3) is 0.231. The van der Waals surface area contributed by atoms with E-state index < -0.39 is 0 Å². The summed E-state index contributed by atoms with van der Waals surface area (Å²) in [5.74, 6) is 0.246. The van der Waals surface area contributed by atoms with Crippen LogP contribution in [0, 0.1) is 11.3 Å². The Hall–Kier alpha value is -3.58. The zero-order chi connectivity index (χ0) is 21.3. The van der Waals surface area contributed by atoms with E-state index >= 15 is 0 Å². The molecule has 30 heavy (non-hydrogen) atoms. The van der Waals surface area contributed by atoms with Crippen molar-refractivity contribution in [3.63, 3.8) is 0 Å². The first-order valence-electron chi connectivity index (χ1n) is 10.1. The molecule has 3 aromatic carbocycles. The molecule has 0 aliphatic heterocycles. The molecule has 0 aliphatic rings. The summed E-state index contributed by atoms with van der Waals surface area (Å²) < 4.78 is 11.1. The highest BCUT2D eigenvalue weighted by atomic mass is 16.5. The number of nitrogens with zero attached hydrogens (tertiary/aromatic N) is 1. The largest absolute Gasteiger partial charge is 0.489 e. The minimum atomic E-state index is -0.338. The van der Waals surface area contributed by atoms with Crippen molar-refractivity contribution in [1.82, 2.24) is 0 Å². The van der Waals surface area contributed by atoms with Gasteiger partial charge in [0.1, 0.15) is 12.4 Å². The van der Waals surface area contributed by atoms with E-state index in [1.165, 1.54) is 11.1 Å². The number of benzene rings is 3. The first-order valence-corrected chi connectivity index (χ1v) is 10.1. The normalized spacial score (nSPS) is 10.3. The van der Waals surface area contributed by atoms with Crippen molar-refractivity contribution in [3.05, 3.63) is 89.0 Å². The number of nitriles is 1. The standard InChI is InChI=1S/C26H25NO3/c1-3-19-7-5-9-22(13-19)23-10-6-8-21(15-23)18-30-25-12-11-20(17-27)14-24(25)16-26(28)29-4-2/h5-15H,3-4,16,18H2,1-2H3. The summed E-state index contributed by atoms with van der Waals surface area (Å²) in [5, 5.41) is 9.17. The quantitative estimate of drug-likeness (QED) is 0.471. The Morgan fingerprint density at radius 2 is 1.63 bits per heavy atom. The molecule has 0 saturated heterocycles. The average Bonchev–Trinajstić information content (AvgIpc) is 2.78. The second-order valence-electron chi connectivity index (χ2n) is 6.96. The lowest BCUT2D eigenvalue weighted by Gasteiger charge is -2.13. The summed E-state index contributed by atoms with van der Waals surface area (Å²) >= 11 is 0. The summed E-state index contributed by atoms with van der Waals surface area (Å²) in [7, 11) is 0. The Balaban J connectivity index is 1.78. The van der Waals surface area contributed by atoms with Crippen LogP contribution in [0.1, 0.15) is 36.1 Å². The number of carbonyl (C=O) groups excluding carboxylic acids is 1. The highest BCUT2D eigenvalue weighted by Gasteiger charge is 2.12. The maximum absolute atomic E-state index is 11.9. The van der Waals surface area contributed by atoms with Crippen molar-refractivity contribution in [2.75, 3.05) is 6.61 Å². The molecule has 4 nitrogen and oxygen atoms in total. The molecule has 0 saturated carbocycles. The van der Waals surface area contributed by atoms with Gasteiger partial charge >= 0.3 is 5.97 Å². The van der Waals surface area contributed by atoms with Crippen LogP contribution < -0.4 is 4.74 Å². The molecule has 0 bridgehead atoms. The third kappa shape index (κ3) is 5.48. The summed E-state index contributed by atoms with van der Waals surface area (Å²) in [6.45, 7) is 4.60. The second-order valence-corrected chi connectivity index (χ2v) is 6.96. The lowest BCUT2D eigenvalue weighted by atomic mass is 10.0. The van der Waals surface area contributed by atoms with Gasteiger partial charge in [0.2, 0.25) is 0 Å². The molecule has 0 fully saturated rings. The van der Waals surface area contributed by atoms with E-state index in [0.717, 1.165) is 17.5 Å². The van der Waals surface area contributed by atoms with Gasteiger partial charge in [0.15, 0.2) is 0 Å². The van der Waals surface area contributed by atoms with Gasteiger partial charge in [0.05, 0.1) is 24.7 Å². The van der Waals surface area contributed by atoms with Gasteiger partial charge in [-0.3, -0.25) is 4.79 Å². The van der Waals surface area contributed by atoms with E-state index in [1.807, 2.05) is 12.1 Å². The number of hydrogen-bond donors (Lipinski definition) is 0. The van der Waals surface area contributed by atoms with Crippen LogP contribution in [-0.2, 0) is 29.0 Å². The first kappa shape index (κ1) is 21.1. The average molecular weight is 399 g/mol. The summed E-state index contributed by atoms with van der Waals surface area (Å²) in [4.78, 5) is 11.9. The Labute approximate surface area is 177 Å². The molecular weight excluding hydrogens is 374 g/mol. The molecule has 0 radical (unpaired) electrons. The topological polar surface area (TPSA) is 59.3 Å². The van der Waals surface area contributed by atoms with Crippen molar-refractivity contribution in [1.29, 1.82) is 5.26 Å². The van der Waals surface area contributed by atoms with Crippen LogP contribution in [0.15, 0.2) is 66.7 Å². The summed E-state index contributed by atoms with van der Waals surface area (Å²) in [6.07, 6.45) is 1.07. The maximum atomic E-state index is 11.9. The van der Waals surface area contributed by atoms with Gasteiger partial charge in [-0.1, -0.05) is 49.4 Å². The zero-order valence-electron chi connectivity index (χ0n) is 17.4. The number of aryl methyl sites for hydroxylation is 1. The van der Waals surface area contributed by atoms with Gasteiger partial charge in [0.25, 0.3) is 0 Å². The van der Waals surface area contributed by atoms with Crippen LogP contribution in [0.25, 0.3) is 11.1 Å². The fourth-order valence-electron chi connectivity index (χ4n) is 3.27. The van der Waals surface area contributed by atoms with Crippen LogP contribution in [0.4, 0.5) is 0 Å². The number of hydrogen-bond acceptors (Lipinski definition) is 4. The Morgan fingerprint density at radius 1 is 0.933 bits per heavy atom. The molecule has 3 rings (SSSR count). The van der Waals surface area contributed by atoms with Crippen LogP contribution in [-0.4, -0.2) is 12.6 Å². The van der Waals surface area contributed by atoms with Gasteiger partial charge in [-0.2, -0.15) is 5.26 Å². The van der Waals surface area contributed by atoms with Crippen molar-refractivity contribution >= 4 is 5.97 Å². The number of rotatable bonds is 8. The number of esters is 1. The fourth-order valence-corrected chi connectivity index (χ4v) is 3.27. The van der Waals surface area contributed by atoms with Gasteiger partial charge < -0.3 is 9.47 Å². The third-order valence-corrected chi connectivity index (χ3v) is 4.82. The molecule has 0 unspecified atom stereocenters. The number of carbonyl (C=O) groups is 1. The number of ether oxygens (including phenoxy) is 2. The molecule has 0 amide bonds. The summed E-state index contributed by atoms with van der Waals surface area (Å²) in [5.41, 5.74) is 5.78. The molecule has 0 aromatic heterocycles. The first-order chi connectivity index (χ1) is 14.6. The molecule has 4 heteroatoms. The van der Waals surface area contributed by atoms with E-state index in [1.54, 1.807) is 25.1 Å². The van der Waals surface area contributed by atoms with Gasteiger partial charge in [-0.15, -0.1) is 0 Å². The van der Waals surface area contributed by atoms with Crippen molar-refractivity contribution in [2.24, 2.45) is 0 Å². The van der Waals surface area contributed by atoms with E-state index in [-0.39, 0.29) is 12.4 Å². The highest BCUT2D eigenvalue weighted by Crippen LogP contribution is 2.25. The van der Waals surface area contributed by atoms with E-state index in [4.69, 9.17) is 14.7 Å². The lowest BCUT2D eigenvalue weighted by molar-refractivity contribution is -0.142. The van der Waals surface area contributed by atoms with Gasteiger partial charge in [0, 0.05) is 5.56 Å². The molecule has 0 aliphatic carbocycles. The third-order valence-electron chi connectivity index (χ3n) is 4.82. The van der Waals surface area contributed by atoms with Crippen molar-refractivity contribution in [3.8, 4) is 22.9 Å². The van der Waals surface area contributed by atoms with Crippen LogP contribution in [0.2, 0.25) is 0 Å². The monoisotopic (exact) mass is 399 g/mol. The molecule has 3 aromatic rings. The van der Waals surface area contributed by atoms with E-state index in [2.05, 4.69) is 49.4 Å². The van der Waals surface area contributed by atoms with Crippen LogP contribution in [0.5, 0.6) is 5.75 Å². The Bertz CT molecular complexity index is 1070. The minimum Gasteiger partial charge on any atom is -0.489 e. The Kier molecular flexibility index (Phi) is 7.24. The molecular formula is C26H25NO3. The molecule has 0 atom stereocenters. The van der Waals surface area contributed by atoms with E-state index in [0.29, 0.717) is 30.1 Å². The maximum Gasteiger partial charge on any atom is 0.310 e. The predicted octanol–water partition coefficient (Wildman–Crippen LogP) is 5.47. The zero-order valence-corrected chi connectivity index (χ0v) is 17.4. The van der Waals surface area contributed by atoms with Gasteiger partial charge in [-0.25, -0.2) is 0 Å². The van der Waals surface area contributed by atoms with Crippen LogP contribution >= 0.6 is 0 Å². The molecule has 0 heterocycles. The smallest absolute Gasteiger partial charge is 0.310 e. The molecule has 0 spiro atoms. The Morgan fingerprint density at radius 3 is 2.30 bits per heavy atom. The van der Waals surface area contributed by atoms with Gasteiger partial charge in [-0.05, 0) is 59.9 Å². The van der Waals surface area contributed by atoms with Crippen LogP contribution in [0.3, 0.4) is 0 Å². The van der Waals surface area contributed by atoms with E-state index in [9.17, 15) is 4.79 Å². The highest BCUT2D eigenvalue weighted by molar-refractivity contribution is 5.74. The lowest BCUT2D eigenvalue weighted by Crippen LogP contribution is -2.09. The minimum absolute atomic E-state index is 0.0720. The summed E-state index contributed by atoms with van der Waals surface area (Å²) in [6, 6.07) is 24.0. The van der Waals surface area contributed by atoms with Crippen molar-refractivity contribution in [2.45, 2.75) is 33.3 Å². The SMILES string of the molecule is CCOC(=O)Cc1cc(C#N)ccc1OCc1cccc(-c2cccc(CC)c2)c1. The predicted molar refractivity (Wildman–Crippen MR) is 117 cm³/mol.